The lowest BCUT2D eigenvalue weighted by atomic mass is 10.1. The van der Waals surface area contributed by atoms with Gasteiger partial charge in [0.1, 0.15) is 9.59 Å². The molecule has 1 saturated heterocycles. The third-order valence-electron chi connectivity index (χ3n) is 4.64. The Labute approximate surface area is 168 Å². The molecular weight excluding hydrogens is 402 g/mol. The number of aromatic nitrogens is 1. The number of imide groups is 1. The average Bonchev–Trinajstić information content (AvgIpc) is 3.28. The lowest BCUT2D eigenvalue weighted by molar-refractivity contribution is -0.118. The Balaban J connectivity index is 1.53. The molecule has 0 saturated carbocycles. The third-order valence-corrected chi connectivity index (χ3v) is 7.17. The number of fused-ring (bicyclic) bond motifs is 2. The number of halogens is 1. The molecule has 4 heterocycles. The van der Waals surface area contributed by atoms with Crippen LogP contribution in [-0.4, -0.2) is 28.2 Å². The number of carbonyl (C=O) groups excluding carboxylic acids is 2. The minimum atomic E-state index is -0.436. The van der Waals surface area contributed by atoms with Gasteiger partial charge in [-0.15, -0.1) is 23.1 Å². The maximum Gasteiger partial charge on any atom is 0.329 e. The number of thiophene rings is 1. The molecule has 0 spiro atoms. The van der Waals surface area contributed by atoms with Crippen LogP contribution >= 0.6 is 34.7 Å². The highest BCUT2D eigenvalue weighted by Gasteiger charge is 2.45. The molecule has 0 aliphatic carbocycles. The zero-order valence-electron chi connectivity index (χ0n) is 13.8. The molecule has 2 aromatic heterocycles. The predicted octanol–water partition coefficient (Wildman–Crippen LogP) is 4.53. The van der Waals surface area contributed by atoms with Crippen molar-refractivity contribution in [3.05, 3.63) is 64.1 Å². The topological polar surface area (TPSA) is 62.3 Å². The summed E-state index contributed by atoms with van der Waals surface area (Å²) in [5.74, 6) is -0.246. The molecule has 1 fully saturated rings. The minimum Gasteiger partial charge on any atom is -0.329 e. The van der Waals surface area contributed by atoms with Crippen LogP contribution in [0.2, 0.25) is 4.34 Å². The fraction of sp³-hybridized carbons (Fsp3) is 0.105. The number of benzene rings is 1. The number of thioether (sulfide) groups is 1. The Morgan fingerprint density at radius 2 is 2.00 bits per heavy atom. The van der Waals surface area contributed by atoms with E-state index in [0.717, 1.165) is 21.2 Å². The zero-order valence-corrected chi connectivity index (χ0v) is 16.1. The van der Waals surface area contributed by atoms with Crippen LogP contribution in [0.5, 0.6) is 0 Å². The number of hydrogen-bond acceptors (Lipinski definition) is 5. The van der Waals surface area contributed by atoms with Crippen molar-refractivity contribution in [2.75, 3.05) is 4.90 Å². The molecule has 2 atom stereocenters. The highest BCUT2D eigenvalue weighted by atomic mass is 35.5. The summed E-state index contributed by atoms with van der Waals surface area (Å²) in [7, 11) is 0. The summed E-state index contributed by atoms with van der Waals surface area (Å²) in [5.41, 5.74) is 1.40. The van der Waals surface area contributed by atoms with Crippen LogP contribution in [0.1, 0.15) is 5.56 Å². The quantitative estimate of drug-likeness (QED) is 0.670. The normalized spacial score (nSPS) is 22.0. The molecule has 0 radical (unpaired) electrons. The van der Waals surface area contributed by atoms with Crippen molar-refractivity contribution >= 4 is 68.0 Å². The lowest BCUT2D eigenvalue weighted by Gasteiger charge is -2.33. The monoisotopic (exact) mass is 413 g/mol. The van der Waals surface area contributed by atoms with Gasteiger partial charge in [0.05, 0.1) is 17.9 Å². The van der Waals surface area contributed by atoms with Gasteiger partial charge >= 0.3 is 6.03 Å². The summed E-state index contributed by atoms with van der Waals surface area (Å²) in [6.45, 7) is 0. The molecule has 2 aliphatic rings. The summed E-state index contributed by atoms with van der Waals surface area (Å²) in [5, 5.41) is 6.11. The molecule has 5 nitrogen and oxygen atoms in total. The number of nitrogens with one attached hydrogen (secondary N) is 1. The molecule has 2 aliphatic heterocycles. The summed E-state index contributed by atoms with van der Waals surface area (Å²) < 4.78 is 0.682. The van der Waals surface area contributed by atoms with Gasteiger partial charge in [-0.3, -0.25) is 9.78 Å². The van der Waals surface area contributed by atoms with Crippen LogP contribution in [0.4, 0.5) is 10.5 Å². The molecule has 2 unspecified atom stereocenters. The smallest absolute Gasteiger partial charge is 0.329 e. The number of urea groups is 1. The number of amides is 3. The zero-order chi connectivity index (χ0) is 18.5. The Hall–Kier alpha value is -2.35. The van der Waals surface area contributed by atoms with E-state index in [0.29, 0.717) is 10.0 Å². The first-order chi connectivity index (χ1) is 13.1. The molecule has 5 rings (SSSR count). The van der Waals surface area contributed by atoms with Crippen LogP contribution in [0.15, 0.2) is 54.2 Å². The summed E-state index contributed by atoms with van der Waals surface area (Å²) in [6, 6.07) is 8.72. The van der Waals surface area contributed by atoms with Gasteiger partial charge in [0.25, 0.3) is 5.91 Å². The molecule has 3 amide bonds. The number of carbonyl (C=O) groups is 2. The average molecular weight is 414 g/mol. The third kappa shape index (κ3) is 2.65. The second-order valence-corrected chi connectivity index (χ2v) is 8.91. The molecule has 1 aromatic carbocycles. The Morgan fingerprint density at radius 1 is 1.15 bits per heavy atom. The second kappa shape index (κ2) is 6.37. The summed E-state index contributed by atoms with van der Waals surface area (Å²) >= 11 is 9.13. The van der Waals surface area contributed by atoms with Gasteiger partial charge in [0.15, 0.2) is 0 Å². The molecular formula is C19H12ClN3O2S2. The molecule has 134 valence electrons. The van der Waals surface area contributed by atoms with Crippen LogP contribution in [-0.2, 0) is 4.79 Å². The van der Waals surface area contributed by atoms with Gasteiger partial charge < -0.3 is 5.32 Å². The Kier molecular flexibility index (Phi) is 3.96. The van der Waals surface area contributed by atoms with Crippen molar-refractivity contribution in [1.29, 1.82) is 0 Å². The summed E-state index contributed by atoms with van der Waals surface area (Å²) in [4.78, 5) is 32.3. The number of nitrogens with zero attached hydrogens (tertiary/aromatic N) is 2. The van der Waals surface area contributed by atoms with Crippen molar-refractivity contribution in [3.63, 3.8) is 0 Å². The van der Waals surface area contributed by atoms with Gasteiger partial charge in [0, 0.05) is 27.4 Å². The fourth-order valence-corrected chi connectivity index (χ4v) is 5.75. The van der Waals surface area contributed by atoms with E-state index < -0.39 is 11.3 Å². The predicted molar refractivity (Wildman–Crippen MR) is 110 cm³/mol. The number of hydrogen-bond donors (Lipinski definition) is 1. The van der Waals surface area contributed by atoms with E-state index in [9.17, 15) is 9.59 Å². The van der Waals surface area contributed by atoms with E-state index in [4.69, 9.17) is 11.6 Å². The van der Waals surface area contributed by atoms with E-state index in [1.54, 1.807) is 12.4 Å². The maximum atomic E-state index is 13.2. The standard InChI is InChI=1S/C19H12ClN3O2S2/c20-17-12(5-6-26-17)15-7-13-16(27-15)18(24)23(19(25)22-13)14-9-21-8-10-3-1-2-4-11(10)14/h1-9,13,16H,(H,22,25). The maximum absolute atomic E-state index is 13.2. The van der Waals surface area contributed by atoms with Gasteiger partial charge in [-0.2, -0.15) is 0 Å². The first-order valence-electron chi connectivity index (χ1n) is 8.22. The Morgan fingerprint density at radius 3 is 2.81 bits per heavy atom. The SMILES string of the molecule is O=C1NC2C=C(c3ccsc3Cl)SC2C(=O)N1c1cncc2ccccc12. The largest absolute Gasteiger partial charge is 0.329 e. The molecule has 1 N–H and O–H groups in total. The highest BCUT2D eigenvalue weighted by molar-refractivity contribution is 8.09. The highest BCUT2D eigenvalue weighted by Crippen LogP contribution is 2.45. The van der Waals surface area contributed by atoms with Crippen LogP contribution in [0, 0.1) is 0 Å². The fourth-order valence-electron chi connectivity index (χ4n) is 3.39. The molecule has 3 aromatic rings. The van der Waals surface area contributed by atoms with Crippen LogP contribution in [0.25, 0.3) is 15.7 Å². The molecule has 27 heavy (non-hydrogen) atoms. The van der Waals surface area contributed by atoms with E-state index in [2.05, 4.69) is 10.3 Å². The van der Waals surface area contributed by atoms with Crippen molar-refractivity contribution in [3.8, 4) is 0 Å². The van der Waals surface area contributed by atoms with Crippen LogP contribution < -0.4 is 10.2 Å². The van der Waals surface area contributed by atoms with Crippen molar-refractivity contribution in [1.82, 2.24) is 10.3 Å². The van der Waals surface area contributed by atoms with Gasteiger partial charge in [0.2, 0.25) is 0 Å². The first-order valence-corrected chi connectivity index (χ1v) is 10.4. The summed E-state index contributed by atoms with van der Waals surface area (Å²) in [6.07, 6.45) is 5.19. The van der Waals surface area contributed by atoms with E-state index in [1.807, 2.05) is 41.8 Å². The minimum absolute atomic E-state index is 0.246. The lowest BCUT2D eigenvalue weighted by Crippen LogP contribution is -2.60. The van der Waals surface area contributed by atoms with Crippen LogP contribution in [0.3, 0.4) is 0 Å². The molecule has 0 bridgehead atoms. The van der Waals surface area contributed by atoms with E-state index in [-0.39, 0.29) is 11.9 Å². The number of pyridine rings is 1. The van der Waals surface area contributed by atoms with E-state index in [1.165, 1.54) is 28.0 Å². The van der Waals surface area contributed by atoms with Crippen molar-refractivity contribution in [2.45, 2.75) is 11.3 Å². The molecule has 8 heteroatoms. The Bertz CT molecular complexity index is 1120. The van der Waals surface area contributed by atoms with Crippen molar-refractivity contribution in [2.24, 2.45) is 0 Å². The van der Waals surface area contributed by atoms with Gasteiger partial charge in [-0.25, -0.2) is 9.69 Å². The number of rotatable bonds is 2. The van der Waals surface area contributed by atoms with Gasteiger partial charge in [-0.05, 0) is 17.5 Å². The van der Waals surface area contributed by atoms with Gasteiger partial charge in [-0.1, -0.05) is 35.9 Å². The van der Waals surface area contributed by atoms with E-state index >= 15 is 0 Å². The van der Waals surface area contributed by atoms with Crippen molar-refractivity contribution < 1.29 is 9.59 Å². The first kappa shape index (κ1) is 16.8. The number of anilines is 1. The second-order valence-electron chi connectivity index (χ2n) is 6.21.